The van der Waals surface area contributed by atoms with Crippen molar-refractivity contribution in [3.63, 3.8) is 0 Å². The van der Waals surface area contributed by atoms with E-state index in [1.807, 2.05) is 26.0 Å². The summed E-state index contributed by atoms with van der Waals surface area (Å²) in [6.45, 7) is 4.51. The monoisotopic (exact) mass is 447 g/mol. The number of thiophene rings is 1. The molecular weight excluding hydrogens is 426 g/mol. The van der Waals surface area contributed by atoms with E-state index in [1.54, 1.807) is 22.0 Å². The molecule has 29 heavy (non-hydrogen) atoms. The maximum Gasteiger partial charge on any atom is 0.263 e. The van der Waals surface area contributed by atoms with E-state index >= 15 is 0 Å². The van der Waals surface area contributed by atoms with E-state index in [4.69, 9.17) is 16.6 Å². The fourth-order valence-corrected chi connectivity index (χ4v) is 5.95. The van der Waals surface area contributed by atoms with Crippen molar-refractivity contribution in [3.05, 3.63) is 49.6 Å². The molecule has 1 aromatic carbocycles. The summed E-state index contributed by atoms with van der Waals surface area (Å²) >= 11 is 9.06. The van der Waals surface area contributed by atoms with Crippen LogP contribution in [0, 0.1) is 6.92 Å². The Morgan fingerprint density at radius 3 is 3.00 bits per heavy atom. The first-order chi connectivity index (χ1) is 14.0. The highest BCUT2D eigenvalue weighted by molar-refractivity contribution is 7.99. The number of nitrogens with one attached hydrogen (secondary N) is 1. The molecule has 5 nitrogen and oxygen atoms in total. The van der Waals surface area contributed by atoms with E-state index in [2.05, 4.69) is 5.32 Å². The van der Waals surface area contributed by atoms with Crippen LogP contribution in [0.5, 0.6) is 0 Å². The number of benzene rings is 1. The number of thioether (sulfide) groups is 1. The Kier molecular flexibility index (Phi) is 5.99. The number of carbonyl (C=O) groups is 1. The molecule has 1 amide bonds. The molecule has 0 saturated heterocycles. The van der Waals surface area contributed by atoms with Crippen LogP contribution in [0.3, 0.4) is 0 Å². The predicted molar refractivity (Wildman–Crippen MR) is 122 cm³/mol. The number of fused-ring (bicyclic) bond motifs is 3. The summed E-state index contributed by atoms with van der Waals surface area (Å²) in [5.74, 6) is 0.0325. The summed E-state index contributed by atoms with van der Waals surface area (Å²) < 4.78 is 1.73. The molecule has 4 rings (SSSR count). The van der Waals surface area contributed by atoms with Crippen molar-refractivity contribution in [3.8, 4) is 0 Å². The molecule has 0 bridgehead atoms. The summed E-state index contributed by atoms with van der Waals surface area (Å²) in [4.78, 5) is 32.5. The zero-order valence-electron chi connectivity index (χ0n) is 16.4. The number of amides is 1. The molecule has 0 aliphatic heterocycles. The highest BCUT2D eigenvalue weighted by Gasteiger charge is 2.23. The first-order valence-corrected chi connectivity index (χ1v) is 11.9. The van der Waals surface area contributed by atoms with Crippen LogP contribution in [0.2, 0.25) is 5.02 Å². The van der Waals surface area contributed by atoms with Gasteiger partial charge in [-0.25, -0.2) is 4.98 Å². The lowest BCUT2D eigenvalue weighted by molar-refractivity contribution is -0.113. The maximum absolute atomic E-state index is 13.2. The number of aromatic nitrogens is 2. The van der Waals surface area contributed by atoms with Crippen LogP contribution in [0.15, 0.2) is 28.2 Å². The highest BCUT2D eigenvalue weighted by atomic mass is 35.5. The fourth-order valence-electron chi connectivity index (χ4n) is 3.65. The maximum atomic E-state index is 13.2. The quantitative estimate of drug-likeness (QED) is 0.424. The molecular formula is C21H22ClN3O2S2. The van der Waals surface area contributed by atoms with Crippen LogP contribution in [0.1, 0.15) is 35.8 Å². The molecule has 0 saturated carbocycles. The normalized spacial score (nSPS) is 13.1. The smallest absolute Gasteiger partial charge is 0.263 e. The lowest BCUT2D eigenvalue weighted by Crippen LogP contribution is -2.24. The second kappa shape index (κ2) is 8.50. The molecule has 2 aromatic heterocycles. The molecule has 3 aromatic rings. The largest absolute Gasteiger partial charge is 0.325 e. The summed E-state index contributed by atoms with van der Waals surface area (Å²) in [6.07, 6.45) is 3.95. The van der Waals surface area contributed by atoms with Crippen LogP contribution >= 0.6 is 34.7 Å². The van der Waals surface area contributed by atoms with Crippen molar-refractivity contribution in [2.75, 3.05) is 11.1 Å². The van der Waals surface area contributed by atoms with Gasteiger partial charge in [-0.05, 0) is 55.9 Å². The zero-order valence-corrected chi connectivity index (χ0v) is 18.8. The van der Waals surface area contributed by atoms with Gasteiger partial charge >= 0.3 is 0 Å². The van der Waals surface area contributed by atoms with E-state index in [9.17, 15) is 9.59 Å². The van der Waals surface area contributed by atoms with Gasteiger partial charge in [0.05, 0.1) is 11.1 Å². The van der Waals surface area contributed by atoms with Gasteiger partial charge < -0.3 is 5.32 Å². The fraction of sp³-hybridized carbons (Fsp3) is 0.381. The van der Waals surface area contributed by atoms with Gasteiger partial charge in [-0.15, -0.1) is 11.3 Å². The van der Waals surface area contributed by atoms with Gasteiger partial charge in [0, 0.05) is 22.1 Å². The Labute approximate surface area is 182 Å². The van der Waals surface area contributed by atoms with Gasteiger partial charge in [0.15, 0.2) is 5.16 Å². The van der Waals surface area contributed by atoms with Gasteiger partial charge in [-0.3, -0.25) is 14.2 Å². The second-order valence-corrected chi connectivity index (χ2v) is 9.57. The first kappa shape index (κ1) is 20.4. The van der Waals surface area contributed by atoms with Crippen LogP contribution in [0.4, 0.5) is 5.69 Å². The van der Waals surface area contributed by atoms with Crippen LogP contribution in [0.25, 0.3) is 10.2 Å². The van der Waals surface area contributed by atoms with Crippen molar-refractivity contribution in [1.29, 1.82) is 0 Å². The molecule has 0 atom stereocenters. The van der Waals surface area contributed by atoms with Crippen molar-refractivity contribution in [2.24, 2.45) is 0 Å². The van der Waals surface area contributed by atoms with Gasteiger partial charge in [-0.1, -0.05) is 36.4 Å². The number of hydrogen-bond acceptors (Lipinski definition) is 5. The lowest BCUT2D eigenvalue weighted by atomic mass is 10.2. The second-order valence-electron chi connectivity index (χ2n) is 7.14. The molecule has 1 N–H and O–H groups in total. The molecule has 8 heteroatoms. The number of halogens is 1. The van der Waals surface area contributed by atoms with E-state index in [1.165, 1.54) is 22.2 Å². The molecule has 1 aliphatic rings. The molecule has 152 valence electrons. The number of hydrogen-bond donors (Lipinski definition) is 1. The number of carbonyl (C=O) groups excluding carboxylic acids is 1. The van der Waals surface area contributed by atoms with Gasteiger partial charge in [-0.2, -0.15) is 0 Å². The predicted octanol–water partition coefficient (Wildman–Crippen LogP) is 5.05. The Morgan fingerprint density at radius 2 is 2.21 bits per heavy atom. The molecule has 0 spiro atoms. The number of aryl methyl sites for hydroxylation is 2. The third-order valence-electron chi connectivity index (χ3n) is 5.11. The van der Waals surface area contributed by atoms with Gasteiger partial charge in [0.1, 0.15) is 4.83 Å². The third-order valence-corrected chi connectivity index (χ3v) is 7.68. The highest BCUT2D eigenvalue weighted by Crippen LogP contribution is 2.35. The molecule has 0 fully saturated rings. The Balaban J connectivity index is 1.58. The van der Waals surface area contributed by atoms with E-state index < -0.39 is 0 Å². The molecule has 0 unspecified atom stereocenters. The zero-order chi connectivity index (χ0) is 20.5. The van der Waals surface area contributed by atoms with Crippen LogP contribution < -0.4 is 10.9 Å². The van der Waals surface area contributed by atoms with Gasteiger partial charge in [0.2, 0.25) is 5.91 Å². The van der Waals surface area contributed by atoms with Crippen molar-refractivity contribution >= 4 is 56.5 Å². The van der Waals surface area contributed by atoms with Crippen molar-refractivity contribution in [2.45, 2.75) is 51.2 Å². The summed E-state index contributed by atoms with van der Waals surface area (Å²) in [5, 5.41) is 4.92. The first-order valence-electron chi connectivity index (χ1n) is 9.72. The molecule has 1 aliphatic carbocycles. The van der Waals surface area contributed by atoms with E-state index in [0.717, 1.165) is 41.5 Å². The minimum atomic E-state index is -0.147. The van der Waals surface area contributed by atoms with E-state index in [-0.39, 0.29) is 17.2 Å². The van der Waals surface area contributed by atoms with Crippen molar-refractivity contribution < 1.29 is 4.79 Å². The third kappa shape index (κ3) is 3.96. The Hall–Kier alpha value is -1.83. The standard InChI is InChI=1S/C21H22ClN3O2S2/c1-3-10-25-20(27)18-13-6-4-9-16(13)29-19(18)24-21(25)28-11-17(26)23-15-8-5-7-14(22)12(15)2/h5,7-8H,3-4,6,9-11H2,1-2H3,(H,23,26). The SMILES string of the molecule is CCCn1c(SCC(=O)Nc2cccc(Cl)c2C)nc2sc3c(c2c1=O)CCC3. The lowest BCUT2D eigenvalue weighted by Gasteiger charge is -2.12. The number of anilines is 1. The Morgan fingerprint density at radius 1 is 1.38 bits per heavy atom. The van der Waals surface area contributed by atoms with Crippen molar-refractivity contribution in [1.82, 2.24) is 9.55 Å². The summed E-state index contributed by atoms with van der Waals surface area (Å²) in [7, 11) is 0. The minimum Gasteiger partial charge on any atom is -0.325 e. The van der Waals surface area contributed by atoms with E-state index in [0.29, 0.717) is 22.4 Å². The average molecular weight is 448 g/mol. The van der Waals surface area contributed by atoms with Gasteiger partial charge in [0.25, 0.3) is 5.56 Å². The van der Waals surface area contributed by atoms with Crippen LogP contribution in [-0.4, -0.2) is 21.2 Å². The topological polar surface area (TPSA) is 64.0 Å². The van der Waals surface area contributed by atoms with Crippen LogP contribution in [-0.2, 0) is 24.2 Å². The minimum absolute atomic E-state index is 0.0323. The average Bonchev–Trinajstić information content (AvgIpc) is 3.27. The molecule has 0 radical (unpaired) electrons. The Bertz CT molecular complexity index is 1150. The number of rotatable bonds is 6. The summed E-state index contributed by atoms with van der Waals surface area (Å²) in [5.41, 5.74) is 2.76. The number of nitrogens with zero attached hydrogens (tertiary/aromatic N) is 2. The summed E-state index contributed by atoms with van der Waals surface area (Å²) in [6, 6.07) is 5.43. The molecule has 2 heterocycles.